The molecule has 1 amide bonds. The van der Waals surface area contributed by atoms with E-state index in [-0.39, 0.29) is 35.9 Å². The Morgan fingerprint density at radius 3 is 2.67 bits per heavy atom. The van der Waals surface area contributed by atoms with E-state index in [1.54, 1.807) is 23.1 Å². The molecule has 2 aromatic carbocycles. The number of phenols is 1. The minimum absolute atomic E-state index is 0.0362. The van der Waals surface area contributed by atoms with E-state index < -0.39 is 0 Å². The first-order valence-electron chi connectivity index (χ1n) is 8.80. The lowest BCUT2D eigenvalue weighted by molar-refractivity contribution is -0.138. The summed E-state index contributed by atoms with van der Waals surface area (Å²) in [7, 11) is 0. The quantitative estimate of drug-likeness (QED) is 0.848. The number of halogens is 2. The van der Waals surface area contributed by atoms with E-state index in [0.717, 1.165) is 25.2 Å². The number of amides is 1. The Kier molecular flexibility index (Phi) is 6.19. The molecular formula is C20H22ClFN2O3. The van der Waals surface area contributed by atoms with E-state index in [4.69, 9.17) is 16.3 Å². The highest BCUT2D eigenvalue weighted by Gasteiger charge is 2.27. The molecule has 0 spiro atoms. The average molecular weight is 393 g/mol. The van der Waals surface area contributed by atoms with Crippen LogP contribution < -0.4 is 4.74 Å². The number of nitrogens with zero attached hydrogens (tertiary/aromatic N) is 2. The van der Waals surface area contributed by atoms with Gasteiger partial charge >= 0.3 is 0 Å². The predicted octanol–water partition coefficient (Wildman–Crippen LogP) is 3.30. The van der Waals surface area contributed by atoms with Crippen LogP contribution in [0.15, 0.2) is 42.5 Å². The van der Waals surface area contributed by atoms with Crippen LogP contribution >= 0.6 is 11.6 Å². The van der Waals surface area contributed by atoms with Gasteiger partial charge in [0, 0.05) is 43.3 Å². The first kappa shape index (κ1) is 19.5. The fourth-order valence-electron chi connectivity index (χ4n) is 3.23. The number of rotatable bonds is 5. The molecule has 144 valence electrons. The summed E-state index contributed by atoms with van der Waals surface area (Å²) in [5, 5.41) is 10.2. The van der Waals surface area contributed by atoms with Gasteiger partial charge in [-0.15, -0.1) is 0 Å². The number of piperazine rings is 1. The molecule has 5 nitrogen and oxygen atoms in total. The molecule has 1 aliphatic rings. The minimum atomic E-state index is -0.241. The number of hydrogen-bond donors (Lipinski definition) is 1. The number of carbonyl (C=O) groups excluding carboxylic acids is 1. The van der Waals surface area contributed by atoms with E-state index >= 15 is 0 Å². The van der Waals surface area contributed by atoms with Crippen molar-refractivity contribution in [2.24, 2.45) is 0 Å². The van der Waals surface area contributed by atoms with Gasteiger partial charge in [-0.25, -0.2) is 4.39 Å². The van der Waals surface area contributed by atoms with Crippen molar-refractivity contribution in [3.63, 3.8) is 0 Å². The van der Waals surface area contributed by atoms with Gasteiger partial charge < -0.3 is 14.7 Å². The lowest BCUT2D eigenvalue weighted by Gasteiger charge is -2.39. The zero-order chi connectivity index (χ0) is 19.4. The van der Waals surface area contributed by atoms with Gasteiger partial charge in [0.05, 0.1) is 0 Å². The second kappa shape index (κ2) is 8.59. The second-order valence-corrected chi connectivity index (χ2v) is 7.13. The number of aromatic hydroxyl groups is 1. The number of benzene rings is 2. The van der Waals surface area contributed by atoms with Crippen LogP contribution in [0, 0.1) is 5.82 Å². The maximum absolute atomic E-state index is 13.0. The summed E-state index contributed by atoms with van der Waals surface area (Å²) in [5.74, 6) is -0.227. The highest BCUT2D eigenvalue weighted by Crippen LogP contribution is 2.28. The Labute approximate surface area is 162 Å². The lowest BCUT2D eigenvalue weighted by atomic mass is 10.1. The first-order chi connectivity index (χ1) is 12.9. The maximum atomic E-state index is 13.0. The Hall–Kier alpha value is -2.31. The fourth-order valence-corrected chi connectivity index (χ4v) is 3.40. The zero-order valence-corrected chi connectivity index (χ0v) is 15.8. The molecule has 1 fully saturated rings. The first-order valence-corrected chi connectivity index (χ1v) is 9.18. The summed E-state index contributed by atoms with van der Waals surface area (Å²) in [6, 6.07) is 11.0. The molecule has 1 heterocycles. The van der Waals surface area contributed by atoms with Crippen molar-refractivity contribution in [1.82, 2.24) is 9.80 Å². The molecule has 1 aliphatic heterocycles. The van der Waals surface area contributed by atoms with Gasteiger partial charge in [0.2, 0.25) is 0 Å². The molecule has 2 aromatic rings. The van der Waals surface area contributed by atoms with Crippen molar-refractivity contribution in [2.45, 2.75) is 19.5 Å². The minimum Gasteiger partial charge on any atom is -0.504 e. The highest BCUT2D eigenvalue weighted by atomic mass is 35.5. The molecule has 27 heavy (non-hydrogen) atoms. The molecule has 0 radical (unpaired) electrons. The number of ether oxygens (including phenoxy) is 1. The monoisotopic (exact) mass is 392 g/mol. The molecule has 1 unspecified atom stereocenters. The Morgan fingerprint density at radius 2 is 2.00 bits per heavy atom. The van der Waals surface area contributed by atoms with Crippen molar-refractivity contribution in [2.75, 3.05) is 26.2 Å². The molecule has 1 atom stereocenters. The SMILES string of the molecule is CC1CN(Cc2ccc(F)cc2)CCN1C(=O)COc1ccc(Cl)cc1O. The van der Waals surface area contributed by atoms with Gasteiger partial charge in [-0.3, -0.25) is 9.69 Å². The fraction of sp³-hybridized carbons (Fsp3) is 0.350. The van der Waals surface area contributed by atoms with Crippen LogP contribution in [-0.4, -0.2) is 53.1 Å². The summed E-state index contributed by atoms with van der Waals surface area (Å²) in [5.41, 5.74) is 1.05. The van der Waals surface area contributed by atoms with E-state index in [2.05, 4.69) is 4.90 Å². The Bertz CT molecular complexity index is 800. The smallest absolute Gasteiger partial charge is 0.260 e. The van der Waals surface area contributed by atoms with E-state index in [0.29, 0.717) is 11.6 Å². The van der Waals surface area contributed by atoms with E-state index in [1.165, 1.54) is 24.3 Å². The Balaban J connectivity index is 1.51. The van der Waals surface area contributed by atoms with E-state index in [1.807, 2.05) is 6.92 Å². The van der Waals surface area contributed by atoms with Crippen LogP contribution in [0.2, 0.25) is 5.02 Å². The van der Waals surface area contributed by atoms with Crippen molar-refractivity contribution >= 4 is 17.5 Å². The third-order valence-corrected chi connectivity index (χ3v) is 4.86. The Morgan fingerprint density at radius 1 is 1.26 bits per heavy atom. The van der Waals surface area contributed by atoms with Crippen molar-refractivity contribution in [1.29, 1.82) is 0 Å². The van der Waals surface area contributed by atoms with Gasteiger partial charge in [-0.05, 0) is 36.8 Å². The van der Waals surface area contributed by atoms with Crippen LogP contribution in [0.5, 0.6) is 11.5 Å². The molecule has 0 aliphatic carbocycles. The van der Waals surface area contributed by atoms with Crippen LogP contribution in [0.1, 0.15) is 12.5 Å². The van der Waals surface area contributed by atoms with Gasteiger partial charge in [-0.2, -0.15) is 0 Å². The molecule has 1 saturated heterocycles. The summed E-state index contributed by atoms with van der Waals surface area (Å²) >= 11 is 5.79. The van der Waals surface area contributed by atoms with Crippen molar-refractivity contribution in [3.05, 3.63) is 58.9 Å². The van der Waals surface area contributed by atoms with Crippen LogP contribution in [0.25, 0.3) is 0 Å². The summed E-state index contributed by atoms with van der Waals surface area (Å²) in [4.78, 5) is 16.5. The largest absolute Gasteiger partial charge is 0.504 e. The predicted molar refractivity (Wildman–Crippen MR) is 101 cm³/mol. The number of hydrogen-bond acceptors (Lipinski definition) is 4. The van der Waals surface area contributed by atoms with Gasteiger partial charge in [-0.1, -0.05) is 23.7 Å². The van der Waals surface area contributed by atoms with Gasteiger partial charge in [0.15, 0.2) is 18.1 Å². The van der Waals surface area contributed by atoms with Crippen LogP contribution in [0.4, 0.5) is 4.39 Å². The van der Waals surface area contributed by atoms with Gasteiger partial charge in [0.1, 0.15) is 5.82 Å². The number of carbonyl (C=O) groups is 1. The van der Waals surface area contributed by atoms with Crippen LogP contribution in [0.3, 0.4) is 0 Å². The highest BCUT2D eigenvalue weighted by molar-refractivity contribution is 6.30. The standard InChI is InChI=1S/C20H22ClFN2O3/c1-14-11-23(12-15-2-5-17(22)6-3-15)8-9-24(14)20(26)13-27-19-7-4-16(21)10-18(19)25/h2-7,10,14,25H,8-9,11-13H2,1H3. The molecule has 0 saturated carbocycles. The molecule has 7 heteroatoms. The summed E-state index contributed by atoms with van der Waals surface area (Å²) in [6.45, 7) is 4.64. The zero-order valence-electron chi connectivity index (χ0n) is 15.1. The third-order valence-electron chi connectivity index (χ3n) is 4.62. The van der Waals surface area contributed by atoms with Crippen molar-refractivity contribution < 1.29 is 19.0 Å². The molecule has 1 N–H and O–H groups in total. The van der Waals surface area contributed by atoms with Crippen molar-refractivity contribution in [3.8, 4) is 11.5 Å². The molecule has 0 bridgehead atoms. The average Bonchev–Trinajstić information content (AvgIpc) is 2.63. The lowest BCUT2D eigenvalue weighted by Crippen LogP contribution is -2.54. The normalized spacial score (nSPS) is 17.7. The molecule has 0 aromatic heterocycles. The second-order valence-electron chi connectivity index (χ2n) is 6.70. The van der Waals surface area contributed by atoms with Gasteiger partial charge in [0.25, 0.3) is 5.91 Å². The number of phenolic OH excluding ortho intramolecular Hbond substituents is 1. The third kappa shape index (κ3) is 5.11. The van der Waals surface area contributed by atoms with E-state index in [9.17, 15) is 14.3 Å². The van der Waals surface area contributed by atoms with Crippen LogP contribution in [-0.2, 0) is 11.3 Å². The topological polar surface area (TPSA) is 53.0 Å². The summed E-state index contributed by atoms with van der Waals surface area (Å²) < 4.78 is 18.5. The molecular weight excluding hydrogens is 371 g/mol. The molecule has 3 rings (SSSR count). The maximum Gasteiger partial charge on any atom is 0.260 e. The summed E-state index contributed by atoms with van der Waals surface area (Å²) in [6.07, 6.45) is 0.